The van der Waals surface area contributed by atoms with Gasteiger partial charge in [-0.3, -0.25) is 4.79 Å². The van der Waals surface area contributed by atoms with Crippen molar-refractivity contribution in [3.8, 4) is 6.07 Å². The van der Waals surface area contributed by atoms with Gasteiger partial charge in [0.2, 0.25) is 5.91 Å². The van der Waals surface area contributed by atoms with E-state index in [-0.39, 0.29) is 18.1 Å². The molecule has 1 amide bonds. The largest absolute Gasteiger partial charge is 0.378 e. The first kappa shape index (κ1) is 12.0. The SMILES string of the molecule is CCC(CC#N)NC(=O)CC1CCCO1. The third kappa shape index (κ3) is 4.30. The van der Waals surface area contributed by atoms with Gasteiger partial charge in [-0.2, -0.15) is 5.26 Å². The van der Waals surface area contributed by atoms with Gasteiger partial charge in [-0.1, -0.05) is 6.92 Å². The van der Waals surface area contributed by atoms with Crippen LogP contribution in [0.3, 0.4) is 0 Å². The summed E-state index contributed by atoms with van der Waals surface area (Å²) < 4.78 is 5.37. The van der Waals surface area contributed by atoms with Gasteiger partial charge in [0.25, 0.3) is 0 Å². The minimum Gasteiger partial charge on any atom is -0.378 e. The molecule has 1 saturated heterocycles. The Labute approximate surface area is 90.6 Å². The van der Waals surface area contributed by atoms with Gasteiger partial charge in [-0.25, -0.2) is 0 Å². The Morgan fingerprint density at radius 1 is 1.73 bits per heavy atom. The van der Waals surface area contributed by atoms with Crippen LogP contribution in [-0.2, 0) is 9.53 Å². The van der Waals surface area contributed by atoms with Crippen molar-refractivity contribution in [1.29, 1.82) is 5.26 Å². The average Bonchev–Trinajstić information content (AvgIpc) is 2.69. The van der Waals surface area contributed by atoms with Crippen molar-refractivity contribution in [2.75, 3.05) is 6.61 Å². The lowest BCUT2D eigenvalue weighted by atomic mass is 10.1. The van der Waals surface area contributed by atoms with Crippen molar-refractivity contribution >= 4 is 5.91 Å². The summed E-state index contributed by atoms with van der Waals surface area (Å²) in [7, 11) is 0. The van der Waals surface area contributed by atoms with Crippen molar-refractivity contribution in [2.24, 2.45) is 0 Å². The summed E-state index contributed by atoms with van der Waals surface area (Å²) in [4.78, 5) is 11.5. The van der Waals surface area contributed by atoms with Crippen molar-refractivity contribution in [2.45, 2.75) is 51.2 Å². The van der Waals surface area contributed by atoms with Gasteiger partial charge < -0.3 is 10.1 Å². The molecule has 2 atom stereocenters. The quantitative estimate of drug-likeness (QED) is 0.745. The molecular formula is C11H18N2O2. The number of nitrogens with one attached hydrogen (secondary N) is 1. The van der Waals surface area contributed by atoms with E-state index in [9.17, 15) is 4.79 Å². The molecule has 1 rings (SSSR count). The van der Waals surface area contributed by atoms with Gasteiger partial charge in [-0.15, -0.1) is 0 Å². The Kier molecular flexibility index (Phi) is 5.13. The molecule has 0 aromatic carbocycles. The van der Waals surface area contributed by atoms with Crippen molar-refractivity contribution in [3.05, 3.63) is 0 Å². The van der Waals surface area contributed by atoms with E-state index in [0.717, 1.165) is 25.9 Å². The third-order valence-corrected chi connectivity index (χ3v) is 2.63. The predicted octanol–water partition coefficient (Wildman–Crippen LogP) is 1.36. The van der Waals surface area contributed by atoms with Gasteiger partial charge >= 0.3 is 0 Å². The topological polar surface area (TPSA) is 62.1 Å². The summed E-state index contributed by atoms with van der Waals surface area (Å²) >= 11 is 0. The monoisotopic (exact) mass is 210 g/mol. The molecule has 0 saturated carbocycles. The van der Waals surface area contributed by atoms with Crippen LogP contribution in [0.5, 0.6) is 0 Å². The molecule has 0 aromatic rings. The summed E-state index contributed by atoms with van der Waals surface area (Å²) in [6.07, 6.45) is 3.72. The maximum Gasteiger partial charge on any atom is 0.222 e. The predicted molar refractivity (Wildman–Crippen MR) is 56.0 cm³/mol. The number of carbonyl (C=O) groups excluding carboxylic acids is 1. The molecule has 0 bridgehead atoms. The molecule has 1 N–H and O–H groups in total. The molecule has 1 aliphatic rings. The van der Waals surface area contributed by atoms with Gasteiger partial charge in [0.1, 0.15) is 0 Å². The summed E-state index contributed by atoms with van der Waals surface area (Å²) in [5.74, 6) is 0.00370. The highest BCUT2D eigenvalue weighted by Gasteiger charge is 2.20. The zero-order valence-corrected chi connectivity index (χ0v) is 9.16. The van der Waals surface area contributed by atoms with E-state index in [1.165, 1.54) is 0 Å². The fourth-order valence-corrected chi connectivity index (χ4v) is 1.71. The normalized spacial score (nSPS) is 22.0. The lowest BCUT2D eigenvalue weighted by Crippen LogP contribution is -2.35. The lowest BCUT2D eigenvalue weighted by Gasteiger charge is -2.15. The molecule has 84 valence electrons. The zero-order valence-electron chi connectivity index (χ0n) is 9.16. The van der Waals surface area contributed by atoms with Crippen molar-refractivity contribution in [3.63, 3.8) is 0 Å². The molecule has 1 aliphatic heterocycles. The van der Waals surface area contributed by atoms with Crippen LogP contribution < -0.4 is 5.32 Å². The Bertz CT molecular complexity index is 241. The second-order valence-corrected chi connectivity index (χ2v) is 3.87. The maximum absolute atomic E-state index is 11.5. The van der Waals surface area contributed by atoms with Crippen LogP contribution in [0.15, 0.2) is 0 Å². The van der Waals surface area contributed by atoms with Gasteiger partial charge in [-0.05, 0) is 19.3 Å². The fourth-order valence-electron chi connectivity index (χ4n) is 1.71. The van der Waals surface area contributed by atoms with Crippen LogP contribution >= 0.6 is 0 Å². The molecule has 1 fully saturated rings. The molecule has 0 radical (unpaired) electrons. The van der Waals surface area contributed by atoms with Gasteiger partial charge in [0.05, 0.1) is 25.0 Å². The number of carbonyl (C=O) groups is 1. The molecule has 2 unspecified atom stereocenters. The highest BCUT2D eigenvalue weighted by molar-refractivity contribution is 5.76. The van der Waals surface area contributed by atoms with Crippen molar-refractivity contribution in [1.82, 2.24) is 5.32 Å². The van der Waals surface area contributed by atoms with Gasteiger partial charge in [0, 0.05) is 12.6 Å². The van der Waals surface area contributed by atoms with Gasteiger partial charge in [0.15, 0.2) is 0 Å². The first-order chi connectivity index (χ1) is 7.26. The van der Waals surface area contributed by atoms with E-state index in [1.807, 2.05) is 6.92 Å². The molecular weight excluding hydrogens is 192 g/mol. The van der Waals surface area contributed by atoms with Crippen LogP contribution in [0.25, 0.3) is 0 Å². The Morgan fingerprint density at radius 3 is 3.07 bits per heavy atom. The van der Waals surface area contributed by atoms with Crippen LogP contribution in [0.4, 0.5) is 0 Å². The standard InChI is InChI=1S/C11H18N2O2/c1-2-9(5-6-12)13-11(14)8-10-4-3-7-15-10/h9-10H,2-5,7-8H2,1H3,(H,13,14). The van der Waals surface area contributed by atoms with E-state index in [0.29, 0.717) is 12.8 Å². The Morgan fingerprint density at radius 2 is 2.53 bits per heavy atom. The van der Waals surface area contributed by atoms with E-state index in [4.69, 9.17) is 10.00 Å². The van der Waals surface area contributed by atoms with E-state index < -0.39 is 0 Å². The minimum atomic E-state index is -0.0103. The van der Waals surface area contributed by atoms with Crippen LogP contribution in [0, 0.1) is 11.3 Å². The second-order valence-electron chi connectivity index (χ2n) is 3.87. The first-order valence-corrected chi connectivity index (χ1v) is 5.54. The van der Waals surface area contributed by atoms with E-state index in [1.54, 1.807) is 0 Å². The number of nitriles is 1. The Hall–Kier alpha value is -1.08. The fraction of sp³-hybridized carbons (Fsp3) is 0.818. The number of rotatable bonds is 5. The average molecular weight is 210 g/mol. The molecule has 4 nitrogen and oxygen atoms in total. The molecule has 0 spiro atoms. The smallest absolute Gasteiger partial charge is 0.222 e. The summed E-state index contributed by atoms with van der Waals surface area (Å²) in [5.41, 5.74) is 0. The van der Waals surface area contributed by atoms with E-state index in [2.05, 4.69) is 11.4 Å². The summed E-state index contributed by atoms with van der Waals surface area (Å²) in [5, 5.41) is 11.4. The van der Waals surface area contributed by atoms with Crippen LogP contribution in [0.2, 0.25) is 0 Å². The number of hydrogen-bond donors (Lipinski definition) is 1. The number of hydrogen-bond acceptors (Lipinski definition) is 3. The maximum atomic E-state index is 11.5. The minimum absolute atomic E-state index is 0.00370. The molecule has 4 heteroatoms. The molecule has 15 heavy (non-hydrogen) atoms. The van der Waals surface area contributed by atoms with Crippen LogP contribution in [-0.4, -0.2) is 24.7 Å². The lowest BCUT2D eigenvalue weighted by molar-refractivity contribution is -0.123. The molecule has 0 aromatic heterocycles. The van der Waals surface area contributed by atoms with Crippen LogP contribution in [0.1, 0.15) is 39.0 Å². The Balaban J connectivity index is 2.24. The summed E-state index contributed by atoms with van der Waals surface area (Å²) in [6, 6.07) is 2.06. The molecule has 1 heterocycles. The number of nitrogens with zero attached hydrogens (tertiary/aromatic N) is 1. The highest BCUT2D eigenvalue weighted by Crippen LogP contribution is 2.15. The second kappa shape index (κ2) is 6.41. The number of amides is 1. The number of ether oxygens (including phenoxy) is 1. The molecule has 0 aliphatic carbocycles. The summed E-state index contributed by atoms with van der Waals surface area (Å²) in [6.45, 7) is 2.74. The van der Waals surface area contributed by atoms with Crippen molar-refractivity contribution < 1.29 is 9.53 Å². The zero-order chi connectivity index (χ0) is 11.1. The van der Waals surface area contributed by atoms with E-state index >= 15 is 0 Å². The highest BCUT2D eigenvalue weighted by atomic mass is 16.5. The third-order valence-electron chi connectivity index (χ3n) is 2.63. The first-order valence-electron chi connectivity index (χ1n) is 5.54.